The van der Waals surface area contributed by atoms with E-state index in [1.165, 1.54) is 11.3 Å². The zero-order valence-corrected chi connectivity index (χ0v) is 20.2. The number of ether oxygens (including phenoxy) is 2. The summed E-state index contributed by atoms with van der Waals surface area (Å²) < 4.78 is 15.2. The zero-order chi connectivity index (χ0) is 24.1. The molecule has 4 aromatic rings. The zero-order valence-electron chi connectivity index (χ0n) is 19.4. The number of carbonyl (C=O) groups is 2. The number of para-hydroxylation sites is 1. The third kappa shape index (κ3) is 4.85. The summed E-state index contributed by atoms with van der Waals surface area (Å²) in [5.74, 6) is -0.751. The van der Waals surface area contributed by atoms with E-state index in [1.54, 1.807) is 29.9 Å². The summed E-state index contributed by atoms with van der Waals surface area (Å²) in [5, 5.41) is 4.38. The first-order valence-electron chi connectivity index (χ1n) is 11.1. The van der Waals surface area contributed by atoms with Gasteiger partial charge in [0.05, 0.1) is 52.1 Å². The lowest BCUT2D eigenvalue weighted by molar-refractivity contribution is 0.0526. The van der Waals surface area contributed by atoms with Crippen LogP contribution in [-0.4, -0.2) is 46.0 Å². The van der Waals surface area contributed by atoms with E-state index in [0.29, 0.717) is 48.0 Å². The van der Waals surface area contributed by atoms with Crippen molar-refractivity contribution in [2.45, 2.75) is 27.3 Å². The van der Waals surface area contributed by atoms with Crippen LogP contribution >= 0.6 is 11.3 Å². The van der Waals surface area contributed by atoms with Gasteiger partial charge < -0.3 is 14.0 Å². The van der Waals surface area contributed by atoms with E-state index in [-0.39, 0.29) is 11.9 Å². The smallest absolute Gasteiger partial charge is 0.338 e. The molecule has 0 saturated carbocycles. The quantitative estimate of drug-likeness (QED) is 0.280. The van der Waals surface area contributed by atoms with E-state index in [2.05, 4.69) is 10.1 Å². The van der Waals surface area contributed by atoms with E-state index in [9.17, 15) is 9.59 Å². The standard InChI is InChI=1S/C25H26N4O4S/c1-4-32-14-13-28-21-12-11-18(24(31)33-5-2)15-22(21)34-25(28)27-23(30)20-16-26-29(17(20)3)19-9-7-6-8-10-19/h6-12,15-16H,4-5,13-14H2,1-3H3. The van der Waals surface area contributed by atoms with Gasteiger partial charge in [-0.05, 0) is 51.1 Å². The summed E-state index contributed by atoms with van der Waals surface area (Å²) in [6, 6.07) is 15.0. The van der Waals surface area contributed by atoms with Gasteiger partial charge in [-0.3, -0.25) is 4.79 Å². The molecule has 0 atom stereocenters. The number of thiazole rings is 1. The molecule has 176 valence electrons. The maximum atomic E-state index is 13.2. The number of esters is 1. The van der Waals surface area contributed by atoms with Gasteiger partial charge in [0.15, 0.2) is 4.80 Å². The third-order valence-corrected chi connectivity index (χ3v) is 6.34. The van der Waals surface area contributed by atoms with Gasteiger partial charge in [-0.2, -0.15) is 10.1 Å². The highest BCUT2D eigenvalue weighted by atomic mass is 32.1. The number of hydrogen-bond donors (Lipinski definition) is 0. The molecule has 0 unspecified atom stereocenters. The molecule has 4 rings (SSSR count). The average Bonchev–Trinajstić information content (AvgIpc) is 3.39. The molecule has 0 N–H and O–H groups in total. The maximum Gasteiger partial charge on any atom is 0.338 e. The van der Waals surface area contributed by atoms with Crippen LogP contribution in [0.1, 0.15) is 40.3 Å². The first-order valence-corrected chi connectivity index (χ1v) is 11.9. The Labute approximate surface area is 201 Å². The van der Waals surface area contributed by atoms with Crippen LogP contribution in [0.5, 0.6) is 0 Å². The summed E-state index contributed by atoms with van der Waals surface area (Å²) >= 11 is 1.35. The highest BCUT2D eigenvalue weighted by Crippen LogP contribution is 2.21. The van der Waals surface area contributed by atoms with Crippen LogP contribution in [0.25, 0.3) is 15.9 Å². The molecule has 0 saturated heterocycles. The van der Waals surface area contributed by atoms with Crippen LogP contribution in [0.2, 0.25) is 0 Å². The van der Waals surface area contributed by atoms with Gasteiger partial charge in [0, 0.05) is 13.2 Å². The monoisotopic (exact) mass is 478 g/mol. The molecule has 2 aromatic carbocycles. The molecule has 0 aliphatic heterocycles. The molecule has 0 bridgehead atoms. The van der Waals surface area contributed by atoms with Crippen molar-refractivity contribution >= 4 is 33.4 Å². The lowest BCUT2D eigenvalue weighted by Crippen LogP contribution is -2.20. The number of nitrogens with zero attached hydrogens (tertiary/aromatic N) is 4. The second-order valence-electron chi connectivity index (χ2n) is 7.44. The Hall–Kier alpha value is -3.56. The molecule has 9 heteroatoms. The molecule has 2 heterocycles. The molecule has 34 heavy (non-hydrogen) atoms. The Bertz CT molecular complexity index is 1390. The first-order chi connectivity index (χ1) is 16.5. The van der Waals surface area contributed by atoms with Gasteiger partial charge in [-0.15, -0.1) is 0 Å². The fourth-order valence-electron chi connectivity index (χ4n) is 3.61. The molecule has 0 spiro atoms. The lowest BCUT2D eigenvalue weighted by atomic mass is 10.2. The maximum absolute atomic E-state index is 13.2. The summed E-state index contributed by atoms with van der Waals surface area (Å²) in [4.78, 5) is 30.3. The lowest BCUT2D eigenvalue weighted by Gasteiger charge is -2.06. The Morgan fingerprint density at radius 3 is 2.62 bits per heavy atom. The first kappa shape index (κ1) is 23.6. The minimum absolute atomic E-state index is 0.306. The normalized spacial score (nSPS) is 11.8. The number of benzene rings is 2. The largest absolute Gasteiger partial charge is 0.462 e. The minimum Gasteiger partial charge on any atom is -0.462 e. The van der Waals surface area contributed by atoms with Crippen molar-refractivity contribution in [3.63, 3.8) is 0 Å². The van der Waals surface area contributed by atoms with Crippen LogP contribution in [0.3, 0.4) is 0 Å². The summed E-state index contributed by atoms with van der Waals surface area (Å²) in [6.07, 6.45) is 1.55. The van der Waals surface area contributed by atoms with Crippen LogP contribution in [0.4, 0.5) is 0 Å². The molecule has 0 radical (unpaired) electrons. The number of fused-ring (bicyclic) bond motifs is 1. The van der Waals surface area contributed by atoms with Gasteiger partial charge in [0.2, 0.25) is 0 Å². The van der Waals surface area contributed by atoms with E-state index in [1.807, 2.05) is 54.8 Å². The highest BCUT2D eigenvalue weighted by Gasteiger charge is 2.17. The number of aromatic nitrogens is 3. The molecule has 1 amide bonds. The van der Waals surface area contributed by atoms with Crippen LogP contribution in [0, 0.1) is 6.92 Å². The van der Waals surface area contributed by atoms with Gasteiger partial charge in [-0.1, -0.05) is 29.5 Å². The molecule has 2 aromatic heterocycles. The minimum atomic E-state index is -0.378. The SMILES string of the molecule is CCOCCn1c(=NC(=O)c2cnn(-c3ccccc3)c2C)sc2cc(C(=O)OCC)ccc21. The van der Waals surface area contributed by atoms with Crippen molar-refractivity contribution in [2.75, 3.05) is 19.8 Å². The summed E-state index contributed by atoms with van der Waals surface area (Å²) in [5.41, 5.74) is 3.36. The average molecular weight is 479 g/mol. The topological polar surface area (TPSA) is 87.7 Å². The number of hydrogen-bond acceptors (Lipinski definition) is 6. The second-order valence-corrected chi connectivity index (χ2v) is 8.45. The molecular weight excluding hydrogens is 452 g/mol. The summed E-state index contributed by atoms with van der Waals surface area (Å²) in [7, 11) is 0. The van der Waals surface area contributed by atoms with Crippen molar-refractivity contribution in [3.8, 4) is 5.69 Å². The number of amides is 1. The van der Waals surface area contributed by atoms with E-state index in [4.69, 9.17) is 9.47 Å². The Morgan fingerprint density at radius 1 is 1.09 bits per heavy atom. The van der Waals surface area contributed by atoms with Gasteiger partial charge in [0.25, 0.3) is 5.91 Å². The van der Waals surface area contributed by atoms with Gasteiger partial charge in [0.1, 0.15) is 0 Å². The fraction of sp³-hybridized carbons (Fsp3) is 0.280. The molecule has 0 aliphatic rings. The van der Waals surface area contributed by atoms with Crippen molar-refractivity contribution in [3.05, 3.63) is 76.4 Å². The summed E-state index contributed by atoms with van der Waals surface area (Å²) in [6.45, 7) is 7.47. The number of rotatable bonds is 8. The molecule has 0 fully saturated rings. The fourth-order valence-corrected chi connectivity index (χ4v) is 4.71. The predicted octanol–water partition coefficient (Wildman–Crippen LogP) is 4.15. The van der Waals surface area contributed by atoms with Gasteiger partial charge >= 0.3 is 5.97 Å². The molecule has 8 nitrogen and oxygen atoms in total. The Kier molecular flexibility index (Phi) is 7.34. The molecular formula is C25H26N4O4S. The van der Waals surface area contributed by atoms with Crippen molar-refractivity contribution in [2.24, 2.45) is 4.99 Å². The van der Waals surface area contributed by atoms with Crippen molar-refractivity contribution in [1.29, 1.82) is 0 Å². The van der Waals surface area contributed by atoms with Crippen LogP contribution < -0.4 is 4.80 Å². The van der Waals surface area contributed by atoms with E-state index < -0.39 is 0 Å². The predicted molar refractivity (Wildman–Crippen MR) is 130 cm³/mol. The van der Waals surface area contributed by atoms with Crippen LogP contribution in [0.15, 0.2) is 59.7 Å². The third-order valence-electron chi connectivity index (χ3n) is 5.30. The van der Waals surface area contributed by atoms with E-state index >= 15 is 0 Å². The second kappa shape index (κ2) is 10.6. The van der Waals surface area contributed by atoms with Gasteiger partial charge in [-0.25, -0.2) is 9.48 Å². The van der Waals surface area contributed by atoms with E-state index in [0.717, 1.165) is 15.9 Å². The van der Waals surface area contributed by atoms with Crippen LogP contribution in [-0.2, 0) is 16.0 Å². The molecule has 0 aliphatic carbocycles. The van der Waals surface area contributed by atoms with Crippen molar-refractivity contribution < 1.29 is 19.1 Å². The highest BCUT2D eigenvalue weighted by molar-refractivity contribution is 7.16. The Balaban J connectivity index is 1.75. The van der Waals surface area contributed by atoms with Crippen molar-refractivity contribution in [1.82, 2.24) is 14.3 Å². The number of carbonyl (C=O) groups excluding carboxylic acids is 2. The Morgan fingerprint density at radius 2 is 1.88 bits per heavy atom.